The van der Waals surface area contributed by atoms with Crippen LogP contribution in [0, 0.1) is 6.92 Å². The van der Waals surface area contributed by atoms with Gasteiger partial charge in [0.15, 0.2) is 0 Å². The van der Waals surface area contributed by atoms with Crippen LogP contribution in [0.25, 0.3) is 0 Å². The molecule has 0 saturated carbocycles. The molecule has 0 spiro atoms. The summed E-state index contributed by atoms with van der Waals surface area (Å²) in [7, 11) is 0. The molecule has 0 aliphatic rings. The van der Waals surface area contributed by atoms with E-state index in [9.17, 15) is 0 Å². The zero-order valence-corrected chi connectivity index (χ0v) is 12.7. The van der Waals surface area contributed by atoms with E-state index in [-0.39, 0.29) is 0 Å². The minimum absolute atomic E-state index is 0.585. The Balaban J connectivity index is 1.89. The Morgan fingerprint density at radius 1 is 1.10 bits per heavy atom. The highest BCUT2D eigenvalue weighted by Crippen LogP contribution is 2.23. The van der Waals surface area contributed by atoms with Crippen molar-refractivity contribution in [3.8, 4) is 5.75 Å². The second kappa shape index (κ2) is 7.20. The molecule has 106 valence electrons. The van der Waals surface area contributed by atoms with Crippen LogP contribution in [0.4, 0.5) is 5.69 Å². The maximum Gasteiger partial charge on any atom is 0.137 e. The lowest BCUT2D eigenvalue weighted by Crippen LogP contribution is -2.13. The zero-order chi connectivity index (χ0) is 14.4. The van der Waals surface area contributed by atoms with Crippen molar-refractivity contribution in [3.05, 3.63) is 58.6 Å². The molecule has 2 aromatic carbocycles. The molecule has 0 aliphatic carbocycles. The number of halogens is 1. The minimum atomic E-state index is 0.585. The number of ether oxygens (including phenoxy) is 1. The van der Waals surface area contributed by atoms with Crippen molar-refractivity contribution >= 4 is 17.3 Å². The third kappa shape index (κ3) is 3.67. The molecule has 0 atom stereocenters. The predicted molar refractivity (Wildman–Crippen MR) is 86.0 cm³/mol. The first-order chi connectivity index (χ1) is 9.72. The van der Waals surface area contributed by atoms with Crippen LogP contribution in [0.1, 0.15) is 18.1 Å². The summed E-state index contributed by atoms with van der Waals surface area (Å²) in [6.07, 6.45) is 1.02. The fourth-order valence-electron chi connectivity index (χ4n) is 2.17. The number of hydrogen-bond donors (Lipinski definition) is 1. The highest BCUT2D eigenvalue weighted by Gasteiger charge is 2.04. The van der Waals surface area contributed by atoms with Crippen molar-refractivity contribution in [2.45, 2.75) is 20.3 Å². The van der Waals surface area contributed by atoms with E-state index in [1.807, 2.05) is 24.3 Å². The van der Waals surface area contributed by atoms with E-state index in [1.165, 1.54) is 16.8 Å². The van der Waals surface area contributed by atoms with Gasteiger partial charge in [-0.3, -0.25) is 0 Å². The lowest BCUT2D eigenvalue weighted by atomic mass is 10.1. The number of hydrogen-bond acceptors (Lipinski definition) is 2. The van der Waals surface area contributed by atoms with Gasteiger partial charge in [-0.15, -0.1) is 0 Å². The van der Waals surface area contributed by atoms with Crippen LogP contribution < -0.4 is 10.1 Å². The molecule has 0 amide bonds. The van der Waals surface area contributed by atoms with E-state index < -0.39 is 0 Å². The molecule has 0 aliphatic heterocycles. The van der Waals surface area contributed by atoms with Crippen LogP contribution in [0.3, 0.4) is 0 Å². The number of benzene rings is 2. The normalized spacial score (nSPS) is 10.3. The molecule has 0 aromatic heterocycles. The lowest BCUT2D eigenvalue weighted by molar-refractivity contribution is 0.333. The van der Waals surface area contributed by atoms with Crippen molar-refractivity contribution in [1.29, 1.82) is 0 Å². The highest BCUT2D eigenvalue weighted by atomic mass is 35.5. The molecule has 20 heavy (non-hydrogen) atoms. The van der Waals surface area contributed by atoms with Gasteiger partial charge >= 0.3 is 0 Å². The fraction of sp³-hybridized carbons (Fsp3) is 0.294. The molecule has 0 heterocycles. The van der Waals surface area contributed by atoms with E-state index in [0.717, 1.165) is 18.7 Å². The molecule has 2 aromatic rings. The van der Waals surface area contributed by atoms with Crippen LogP contribution in [-0.2, 0) is 6.42 Å². The van der Waals surface area contributed by atoms with Crippen molar-refractivity contribution in [2.24, 2.45) is 0 Å². The van der Waals surface area contributed by atoms with Gasteiger partial charge in [0, 0.05) is 12.2 Å². The molecule has 2 rings (SSSR count). The van der Waals surface area contributed by atoms with Gasteiger partial charge in [-0.2, -0.15) is 0 Å². The van der Waals surface area contributed by atoms with E-state index in [1.54, 1.807) is 0 Å². The number of aryl methyl sites for hydroxylation is 2. The molecular formula is C17H20ClNO. The third-order valence-corrected chi connectivity index (χ3v) is 3.55. The summed E-state index contributed by atoms with van der Waals surface area (Å²) in [6, 6.07) is 13.9. The average molecular weight is 290 g/mol. The first-order valence-corrected chi connectivity index (χ1v) is 7.30. The summed E-state index contributed by atoms with van der Waals surface area (Å²) in [5, 5.41) is 4.10. The first-order valence-electron chi connectivity index (χ1n) is 6.92. The smallest absolute Gasteiger partial charge is 0.137 e. The van der Waals surface area contributed by atoms with Gasteiger partial charge in [-0.1, -0.05) is 48.9 Å². The van der Waals surface area contributed by atoms with E-state index in [2.05, 4.69) is 37.4 Å². The van der Waals surface area contributed by atoms with Crippen LogP contribution >= 0.6 is 11.6 Å². The average Bonchev–Trinajstić information content (AvgIpc) is 2.46. The first kappa shape index (κ1) is 14.7. The topological polar surface area (TPSA) is 21.3 Å². The van der Waals surface area contributed by atoms with E-state index in [4.69, 9.17) is 16.3 Å². The predicted octanol–water partition coefficient (Wildman–Crippen LogP) is 4.70. The highest BCUT2D eigenvalue weighted by molar-refractivity contribution is 6.32. The van der Waals surface area contributed by atoms with Gasteiger partial charge < -0.3 is 10.1 Å². The Morgan fingerprint density at radius 3 is 2.65 bits per heavy atom. The standard InChI is InChI=1S/C17H20ClNO/c1-3-14-8-6-7-13(2)17(14)19-11-12-20-16-10-5-4-9-15(16)18/h4-10,19H,3,11-12H2,1-2H3. The molecule has 0 bridgehead atoms. The van der Waals surface area contributed by atoms with Gasteiger partial charge in [0.2, 0.25) is 0 Å². The quantitative estimate of drug-likeness (QED) is 0.778. The number of rotatable bonds is 6. The molecule has 0 fully saturated rings. The molecule has 1 N–H and O–H groups in total. The van der Waals surface area contributed by atoms with Crippen LogP contribution in [-0.4, -0.2) is 13.2 Å². The van der Waals surface area contributed by atoms with Gasteiger partial charge in [-0.05, 0) is 36.6 Å². The van der Waals surface area contributed by atoms with Crippen LogP contribution in [0.5, 0.6) is 5.75 Å². The SMILES string of the molecule is CCc1cccc(C)c1NCCOc1ccccc1Cl. The molecule has 0 radical (unpaired) electrons. The van der Waals surface area contributed by atoms with Gasteiger partial charge in [0.05, 0.1) is 5.02 Å². The Bertz CT molecular complexity index is 569. The molecule has 0 unspecified atom stereocenters. The second-order valence-corrected chi connectivity index (χ2v) is 5.08. The largest absolute Gasteiger partial charge is 0.490 e. The molecule has 2 nitrogen and oxygen atoms in total. The summed E-state index contributed by atoms with van der Waals surface area (Å²) >= 11 is 6.05. The van der Waals surface area contributed by atoms with Gasteiger partial charge in [0.25, 0.3) is 0 Å². The zero-order valence-electron chi connectivity index (χ0n) is 11.9. The van der Waals surface area contributed by atoms with E-state index in [0.29, 0.717) is 11.6 Å². The van der Waals surface area contributed by atoms with Gasteiger partial charge in [-0.25, -0.2) is 0 Å². The van der Waals surface area contributed by atoms with Crippen molar-refractivity contribution in [3.63, 3.8) is 0 Å². The van der Waals surface area contributed by atoms with Gasteiger partial charge in [0.1, 0.15) is 12.4 Å². The monoisotopic (exact) mass is 289 g/mol. The maximum atomic E-state index is 6.05. The molecule has 0 saturated heterocycles. The Hall–Kier alpha value is -1.67. The minimum Gasteiger partial charge on any atom is -0.490 e. The second-order valence-electron chi connectivity index (χ2n) is 4.67. The van der Waals surface area contributed by atoms with Crippen molar-refractivity contribution < 1.29 is 4.74 Å². The number of nitrogens with one attached hydrogen (secondary N) is 1. The summed E-state index contributed by atoms with van der Waals surface area (Å²) in [5.74, 6) is 0.733. The molecular weight excluding hydrogens is 270 g/mol. The lowest BCUT2D eigenvalue weighted by Gasteiger charge is -2.14. The summed E-state index contributed by atoms with van der Waals surface area (Å²) in [6.45, 7) is 5.63. The number of para-hydroxylation sites is 2. The Labute approximate surface area is 125 Å². The fourth-order valence-corrected chi connectivity index (χ4v) is 2.37. The Kier molecular flexibility index (Phi) is 5.31. The van der Waals surface area contributed by atoms with Crippen molar-refractivity contribution in [1.82, 2.24) is 0 Å². The van der Waals surface area contributed by atoms with Crippen LogP contribution in [0.15, 0.2) is 42.5 Å². The molecule has 3 heteroatoms. The van der Waals surface area contributed by atoms with Crippen molar-refractivity contribution in [2.75, 3.05) is 18.5 Å². The third-order valence-electron chi connectivity index (χ3n) is 3.24. The summed E-state index contributed by atoms with van der Waals surface area (Å²) in [4.78, 5) is 0. The summed E-state index contributed by atoms with van der Waals surface area (Å²) in [5.41, 5.74) is 3.82. The number of anilines is 1. The summed E-state index contributed by atoms with van der Waals surface area (Å²) < 4.78 is 5.68. The van der Waals surface area contributed by atoms with Crippen LogP contribution in [0.2, 0.25) is 5.02 Å². The Morgan fingerprint density at radius 2 is 1.90 bits per heavy atom. The maximum absolute atomic E-state index is 6.05. The van der Waals surface area contributed by atoms with E-state index >= 15 is 0 Å².